The SMILES string of the molecule is COc1cc(NC2=C(c3ccccc3)C(=O)N(c3ccccc3F)C2=O)cc(OC)c1. The summed E-state index contributed by atoms with van der Waals surface area (Å²) in [5.41, 5.74) is 1.10. The Kier molecular flexibility index (Phi) is 5.41. The molecular weight excluding hydrogens is 399 g/mol. The molecule has 156 valence electrons. The first-order valence-electron chi connectivity index (χ1n) is 9.46. The molecule has 3 aromatic rings. The number of hydrogen-bond acceptors (Lipinski definition) is 5. The topological polar surface area (TPSA) is 67.9 Å². The van der Waals surface area contributed by atoms with Gasteiger partial charge in [-0.15, -0.1) is 0 Å². The highest BCUT2D eigenvalue weighted by atomic mass is 19.1. The Hall–Kier alpha value is -4.13. The lowest BCUT2D eigenvalue weighted by atomic mass is 10.0. The largest absolute Gasteiger partial charge is 0.497 e. The smallest absolute Gasteiger partial charge is 0.282 e. The van der Waals surface area contributed by atoms with Crippen LogP contribution in [0.1, 0.15) is 5.56 Å². The molecule has 1 heterocycles. The summed E-state index contributed by atoms with van der Waals surface area (Å²) >= 11 is 0. The van der Waals surface area contributed by atoms with Crippen molar-refractivity contribution in [1.82, 2.24) is 0 Å². The summed E-state index contributed by atoms with van der Waals surface area (Å²) in [6.07, 6.45) is 0. The molecule has 0 spiro atoms. The number of carbonyl (C=O) groups excluding carboxylic acids is 2. The predicted octanol–water partition coefficient (Wildman–Crippen LogP) is 4.24. The molecule has 0 saturated heterocycles. The van der Waals surface area contributed by atoms with E-state index in [1.54, 1.807) is 54.6 Å². The minimum atomic E-state index is -0.666. The van der Waals surface area contributed by atoms with Crippen LogP contribution in [-0.2, 0) is 9.59 Å². The highest BCUT2D eigenvalue weighted by Crippen LogP contribution is 2.36. The minimum Gasteiger partial charge on any atom is -0.497 e. The Labute approximate surface area is 178 Å². The normalized spacial score (nSPS) is 13.6. The number of hydrogen-bond donors (Lipinski definition) is 1. The number of rotatable bonds is 6. The zero-order valence-corrected chi connectivity index (χ0v) is 16.9. The van der Waals surface area contributed by atoms with Gasteiger partial charge in [0, 0.05) is 23.9 Å². The average Bonchev–Trinajstić information content (AvgIpc) is 3.03. The Morgan fingerprint density at radius 3 is 2.03 bits per heavy atom. The first-order valence-corrected chi connectivity index (χ1v) is 9.46. The van der Waals surface area contributed by atoms with Crippen molar-refractivity contribution in [3.63, 3.8) is 0 Å². The van der Waals surface area contributed by atoms with Gasteiger partial charge in [0.2, 0.25) is 0 Å². The number of halogens is 1. The molecule has 6 nitrogen and oxygen atoms in total. The van der Waals surface area contributed by atoms with E-state index in [-0.39, 0.29) is 17.0 Å². The van der Waals surface area contributed by atoms with Crippen molar-refractivity contribution in [2.45, 2.75) is 0 Å². The second-order valence-electron chi connectivity index (χ2n) is 6.74. The Bertz CT molecular complexity index is 1170. The van der Waals surface area contributed by atoms with Gasteiger partial charge in [-0.1, -0.05) is 42.5 Å². The van der Waals surface area contributed by atoms with Gasteiger partial charge in [0.05, 0.1) is 25.5 Å². The van der Waals surface area contributed by atoms with Crippen molar-refractivity contribution in [2.24, 2.45) is 0 Å². The highest BCUT2D eigenvalue weighted by molar-refractivity contribution is 6.46. The van der Waals surface area contributed by atoms with Gasteiger partial charge < -0.3 is 14.8 Å². The molecule has 3 aromatic carbocycles. The molecule has 2 amide bonds. The molecule has 0 saturated carbocycles. The van der Waals surface area contributed by atoms with Gasteiger partial charge in [0.1, 0.15) is 23.0 Å². The average molecular weight is 418 g/mol. The van der Waals surface area contributed by atoms with Gasteiger partial charge in [-0.3, -0.25) is 9.59 Å². The van der Waals surface area contributed by atoms with Crippen molar-refractivity contribution in [3.8, 4) is 11.5 Å². The molecule has 0 aromatic heterocycles. The van der Waals surface area contributed by atoms with E-state index < -0.39 is 17.6 Å². The van der Waals surface area contributed by atoms with E-state index in [1.165, 1.54) is 32.4 Å². The number of imide groups is 1. The van der Waals surface area contributed by atoms with E-state index in [9.17, 15) is 14.0 Å². The third-order valence-corrected chi connectivity index (χ3v) is 4.86. The summed E-state index contributed by atoms with van der Waals surface area (Å²) in [7, 11) is 3.02. The number of anilines is 2. The fourth-order valence-corrected chi connectivity index (χ4v) is 3.39. The van der Waals surface area contributed by atoms with Crippen LogP contribution in [0.2, 0.25) is 0 Å². The Balaban J connectivity index is 1.84. The lowest BCUT2D eigenvalue weighted by Gasteiger charge is -2.16. The fraction of sp³-hybridized carbons (Fsp3) is 0.0833. The maximum absolute atomic E-state index is 14.5. The number of nitrogens with zero attached hydrogens (tertiary/aromatic N) is 1. The van der Waals surface area contributed by atoms with Crippen LogP contribution in [-0.4, -0.2) is 26.0 Å². The molecule has 0 unspecified atom stereocenters. The number of methoxy groups -OCH3 is 2. The standard InChI is InChI=1S/C24H19FN2O4/c1-30-17-12-16(13-18(14-17)31-2)26-22-21(15-8-4-3-5-9-15)23(28)27(24(22)29)20-11-7-6-10-19(20)25/h3-14,26H,1-2H3. The lowest BCUT2D eigenvalue weighted by Crippen LogP contribution is -2.33. The van der Waals surface area contributed by atoms with Crippen molar-refractivity contribution < 1.29 is 23.5 Å². The fourth-order valence-electron chi connectivity index (χ4n) is 3.39. The van der Waals surface area contributed by atoms with E-state index in [0.29, 0.717) is 22.7 Å². The third kappa shape index (κ3) is 3.73. The van der Waals surface area contributed by atoms with Crippen LogP contribution in [0.15, 0.2) is 78.5 Å². The van der Waals surface area contributed by atoms with Crippen molar-refractivity contribution in [1.29, 1.82) is 0 Å². The molecule has 1 aliphatic rings. The number of benzene rings is 3. The summed E-state index contributed by atoms with van der Waals surface area (Å²) in [6.45, 7) is 0. The number of nitrogens with one attached hydrogen (secondary N) is 1. The van der Waals surface area contributed by atoms with E-state index in [4.69, 9.17) is 9.47 Å². The van der Waals surface area contributed by atoms with Gasteiger partial charge in [0.15, 0.2) is 0 Å². The van der Waals surface area contributed by atoms with Crippen LogP contribution in [0, 0.1) is 5.82 Å². The summed E-state index contributed by atoms with van der Waals surface area (Å²) in [5, 5.41) is 3.02. The van der Waals surface area contributed by atoms with Crippen molar-refractivity contribution >= 4 is 28.8 Å². The summed E-state index contributed by atoms with van der Waals surface area (Å²) in [5.74, 6) is -0.923. The van der Waals surface area contributed by atoms with Crippen LogP contribution in [0.4, 0.5) is 15.8 Å². The van der Waals surface area contributed by atoms with Gasteiger partial charge in [-0.2, -0.15) is 0 Å². The van der Waals surface area contributed by atoms with Gasteiger partial charge in [-0.25, -0.2) is 9.29 Å². The molecular formula is C24H19FN2O4. The highest BCUT2D eigenvalue weighted by Gasteiger charge is 2.41. The monoisotopic (exact) mass is 418 g/mol. The van der Waals surface area contributed by atoms with Crippen molar-refractivity contribution in [2.75, 3.05) is 24.4 Å². The number of carbonyl (C=O) groups is 2. The molecule has 0 aliphatic carbocycles. The summed E-state index contributed by atoms with van der Waals surface area (Å²) < 4.78 is 25.0. The number of para-hydroxylation sites is 1. The predicted molar refractivity (Wildman–Crippen MR) is 115 cm³/mol. The maximum atomic E-state index is 14.5. The Morgan fingerprint density at radius 1 is 0.806 bits per heavy atom. The van der Waals surface area contributed by atoms with Crippen LogP contribution >= 0.6 is 0 Å². The second-order valence-corrected chi connectivity index (χ2v) is 6.74. The first kappa shape index (κ1) is 20.2. The maximum Gasteiger partial charge on any atom is 0.282 e. The van der Waals surface area contributed by atoms with Crippen molar-refractivity contribution in [3.05, 3.63) is 89.9 Å². The zero-order valence-electron chi connectivity index (χ0n) is 16.9. The summed E-state index contributed by atoms with van der Waals surface area (Å²) in [4.78, 5) is 27.5. The zero-order chi connectivity index (χ0) is 22.0. The molecule has 1 N–H and O–H groups in total. The quantitative estimate of drug-likeness (QED) is 0.607. The molecule has 31 heavy (non-hydrogen) atoms. The molecule has 0 atom stereocenters. The number of amides is 2. The van der Waals surface area contributed by atoms with Crippen LogP contribution in [0.3, 0.4) is 0 Å². The molecule has 4 rings (SSSR count). The summed E-state index contributed by atoms with van der Waals surface area (Å²) in [6, 6.07) is 19.5. The van der Waals surface area contributed by atoms with Gasteiger partial charge >= 0.3 is 0 Å². The lowest BCUT2D eigenvalue weighted by molar-refractivity contribution is -0.120. The van der Waals surface area contributed by atoms with Crippen LogP contribution in [0.5, 0.6) is 11.5 Å². The van der Waals surface area contributed by atoms with Crippen LogP contribution in [0.25, 0.3) is 5.57 Å². The second kappa shape index (κ2) is 8.31. The van der Waals surface area contributed by atoms with E-state index >= 15 is 0 Å². The molecule has 1 aliphatic heterocycles. The van der Waals surface area contributed by atoms with E-state index in [2.05, 4.69) is 5.32 Å². The third-order valence-electron chi connectivity index (χ3n) is 4.86. The van der Waals surface area contributed by atoms with E-state index in [0.717, 1.165) is 4.90 Å². The molecule has 0 bridgehead atoms. The Morgan fingerprint density at radius 2 is 1.42 bits per heavy atom. The minimum absolute atomic E-state index is 0.0368. The van der Waals surface area contributed by atoms with E-state index in [1.807, 2.05) is 0 Å². The first-order chi connectivity index (χ1) is 15.0. The van der Waals surface area contributed by atoms with Gasteiger partial charge in [0.25, 0.3) is 11.8 Å². The van der Waals surface area contributed by atoms with Crippen LogP contribution < -0.4 is 19.7 Å². The number of ether oxygens (including phenoxy) is 2. The molecule has 0 fully saturated rings. The molecule has 0 radical (unpaired) electrons. The van der Waals surface area contributed by atoms with Gasteiger partial charge in [-0.05, 0) is 17.7 Å². The molecule has 7 heteroatoms.